The van der Waals surface area contributed by atoms with Gasteiger partial charge in [0.1, 0.15) is 0 Å². The third kappa shape index (κ3) is 6.53. The lowest BCUT2D eigenvalue weighted by Crippen LogP contribution is -2.45. The number of hydrogen-bond donors (Lipinski definition) is 0. The highest BCUT2D eigenvalue weighted by molar-refractivity contribution is 4.95. The van der Waals surface area contributed by atoms with Gasteiger partial charge in [0.2, 0.25) is 0 Å². The highest BCUT2D eigenvalue weighted by Gasteiger charge is 2.45. The second-order valence-corrected chi connectivity index (χ2v) is 13.4. The van der Waals surface area contributed by atoms with Crippen LogP contribution in [0.2, 0.25) is 0 Å². The van der Waals surface area contributed by atoms with Gasteiger partial charge < -0.3 is 9.47 Å². The van der Waals surface area contributed by atoms with Gasteiger partial charge >= 0.3 is 0 Å². The molecule has 0 aromatic heterocycles. The van der Waals surface area contributed by atoms with Crippen LogP contribution in [-0.2, 0) is 9.47 Å². The van der Waals surface area contributed by atoms with Gasteiger partial charge in [-0.15, -0.1) is 0 Å². The Kier molecular flexibility index (Phi) is 9.21. The molecule has 4 aliphatic rings. The second kappa shape index (κ2) is 11.1. The Morgan fingerprint density at radius 2 is 1.16 bits per heavy atom. The van der Waals surface area contributed by atoms with Crippen LogP contribution in [0.3, 0.4) is 0 Å². The monoisotopic (exact) mass is 448 g/mol. The molecule has 2 nitrogen and oxygen atoms in total. The van der Waals surface area contributed by atoms with Crippen molar-refractivity contribution in [2.45, 2.75) is 157 Å². The van der Waals surface area contributed by atoms with E-state index in [0.29, 0.717) is 35.2 Å². The van der Waals surface area contributed by atoms with Gasteiger partial charge in [0, 0.05) is 0 Å². The average Bonchev–Trinajstić information content (AvgIpc) is 2.71. The molecule has 2 aliphatic heterocycles. The Morgan fingerprint density at radius 3 is 1.72 bits per heavy atom. The summed E-state index contributed by atoms with van der Waals surface area (Å²) < 4.78 is 12.0. The summed E-state index contributed by atoms with van der Waals surface area (Å²) in [6.07, 6.45) is 18.7. The lowest BCUT2D eigenvalue weighted by molar-refractivity contribution is -0.136. The number of ether oxygens (including phenoxy) is 2. The van der Waals surface area contributed by atoms with Crippen molar-refractivity contribution in [1.29, 1.82) is 0 Å². The maximum absolute atomic E-state index is 6.11. The fourth-order valence-corrected chi connectivity index (χ4v) is 8.10. The Morgan fingerprint density at radius 1 is 0.594 bits per heavy atom. The summed E-state index contributed by atoms with van der Waals surface area (Å²) in [6, 6.07) is 0. The van der Waals surface area contributed by atoms with Gasteiger partial charge in [-0.05, 0) is 114 Å². The molecule has 7 atom stereocenters. The molecule has 32 heavy (non-hydrogen) atoms. The van der Waals surface area contributed by atoms with E-state index in [1.807, 2.05) is 0 Å². The molecule has 188 valence electrons. The molecule has 2 saturated heterocycles. The van der Waals surface area contributed by atoms with Crippen LogP contribution in [-0.4, -0.2) is 24.4 Å². The van der Waals surface area contributed by atoms with E-state index >= 15 is 0 Å². The summed E-state index contributed by atoms with van der Waals surface area (Å²) in [5.41, 5.74) is 1.16. The summed E-state index contributed by atoms with van der Waals surface area (Å²) in [4.78, 5) is 0. The quantitative estimate of drug-likeness (QED) is 0.420. The first-order valence-electron chi connectivity index (χ1n) is 14.3. The van der Waals surface area contributed by atoms with Crippen molar-refractivity contribution < 1.29 is 9.47 Å². The minimum atomic E-state index is 0.481. The zero-order valence-electron chi connectivity index (χ0n) is 22.9. The Hall–Kier alpha value is -0.0800. The van der Waals surface area contributed by atoms with Crippen molar-refractivity contribution in [1.82, 2.24) is 0 Å². The summed E-state index contributed by atoms with van der Waals surface area (Å²) in [5.74, 6) is 3.62. The van der Waals surface area contributed by atoms with E-state index in [1.54, 1.807) is 0 Å². The molecule has 2 spiro atoms. The topological polar surface area (TPSA) is 18.5 Å². The van der Waals surface area contributed by atoms with E-state index in [1.165, 1.54) is 77.0 Å². The molecule has 0 aromatic rings. The van der Waals surface area contributed by atoms with Gasteiger partial charge in [0.05, 0.1) is 24.4 Å². The van der Waals surface area contributed by atoms with Crippen molar-refractivity contribution in [3.63, 3.8) is 0 Å². The fraction of sp³-hybridized carbons (Fsp3) is 1.00. The predicted octanol–water partition coefficient (Wildman–Crippen LogP) is 8.81. The maximum atomic E-state index is 6.11. The maximum Gasteiger partial charge on any atom is 0.0606 e. The molecule has 2 saturated carbocycles. The number of hydrogen-bond acceptors (Lipinski definition) is 2. The third-order valence-electron chi connectivity index (χ3n) is 10.0. The van der Waals surface area contributed by atoms with Gasteiger partial charge in [0.25, 0.3) is 0 Å². The molecular formula is C30H56O2. The van der Waals surface area contributed by atoms with Crippen LogP contribution >= 0.6 is 0 Å². The standard InChI is InChI=1S/2C15H28O/c1-11(2)14-6-5-8-15(10-14)9-7-12(3)16-13(15)4;1-11(2)14-6-5-7-15(10-14)8-12(3)16-13(4)9-15/h2*11-14H,5-10H2,1-4H3. The molecule has 2 aliphatic carbocycles. The van der Waals surface area contributed by atoms with Crippen molar-refractivity contribution in [2.24, 2.45) is 34.5 Å². The van der Waals surface area contributed by atoms with Crippen LogP contribution < -0.4 is 0 Å². The molecule has 0 bridgehead atoms. The molecule has 0 amide bonds. The van der Waals surface area contributed by atoms with E-state index in [9.17, 15) is 0 Å². The van der Waals surface area contributed by atoms with Crippen LogP contribution in [0, 0.1) is 34.5 Å². The molecule has 2 heterocycles. The van der Waals surface area contributed by atoms with Gasteiger partial charge in [-0.1, -0.05) is 53.4 Å². The van der Waals surface area contributed by atoms with E-state index in [2.05, 4.69) is 55.4 Å². The lowest BCUT2D eigenvalue weighted by Gasteiger charge is -2.50. The van der Waals surface area contributed by atoms with Gasteiger partial charge in [-0.25, -0.2) is 0 Å². The van der Waals surface area contributed by atoms with Gasteiger partial charge in [0.15, 0.2) is 0 Å². The normalized spacial score (nSPS) is 45.2. The van der Waals surface area contributed by atoms with Crippen molar-refractivity contribution in [3.8, 4) is 0 Å². The van der Waals surface area contributed by atoms with Crippen LogP contribution in [0.1, 0.15) is 132 Å². The summed E-state index contributed by atoms with van der Waals surface area (Å²) >= 11 is 0. The zero-order valence-corrected chi connectivity index (χ0v) is 22.9. The van der Waals surface area contributed by atoms with Gasteiger partial charge in [-0.3, -0.25) is 0 Å². The van der Waals surface area contributed by atoms with E-state index in [4.69, 9.17) is 9.47 Å². The number of rotatable bonds is 2. The van der Waals surface area contributed by atoms with Gasteiger partial charge in [-0.2, -0.15) is 0 Å². The van der Waals surface area contributed by atoms with E-state index in [0.717, 1.165) is 23.7 Å². The first-order valence-corrected chi connectivity index (χ1v) is 14.3. The van der Waals surface area contributed by atoms with E-state index < -0.39 is 0 Å². The molecule has 4 rings (SSSR count). The minimum absolute atomic E-state index is 0.481. The smallest absolute Gasteiger partial charge is 0.0606 e. The molecular weight excluding hydrogens is 392 g/mol. The highest BCUT2D eigenvalue weighted by Crippen LogP contribution is 2.52. The summed E-state index contributed by atoms with van der Waals surface area (Å²) in [7, 11) is 0. The van der Waals surface area contributed by atoms with Crippen molar-refractivity contribution in [3.05, 3.63) is 0 Å². The largest absolute Gasteiger partial charge is 0.376 e. The molecule has 0 radical (unpaired) electrons. The van der Waals surface area contributed by atoms with Crippen molar-refractivity contribution in [2.75, 3.05) is 0 Å². The SMILES string of the molecule is CC1CC2(CCCC(C(C)C)C2)CC(C)O1.CC1CCC2(CCCC(C(C)C)C2)C(C)O1. The Bertz CT molecular complexity index is 559. The zero-order chi connectivity index (χ0) is 23.5. The first-order chi connectivity index (χ1) is 15.0. The fourth-order valence-electron chi connectivity index (χ4n) is 8.10. The average molecular weight is 449 g/mol. The molecule has 4 fully saturated rings. The van der Waals surface area contributed by atoms with Crippen LogP contribution in [0.4, 0.5) is 0 Å². The second-order valence-electron chi connectivity index (χ2n) is 13.4. The van der Waals surface area contributed by atoms with E-state index in [-0.39, 0.29) is 0 Å². The summed E-state index contributed by atoms with van der Waals surface area (Å²) in [6.45, 7) is 18.6. The summed E-state index contributed by atoms with van der Waals surface area (Å²) in [5, 5.41) is 0. The van der Waals surface area contributed by atoms with Crippen LogP contribution in [0.5, 0.6) is 0 Å². The molecule has 0 aromatic carbocycles. The highest BCUT2D eigenvalue weighted by atomic mass is 16.5. The minimum Gasteiger partial charge on any atom is -0.376 e. The van der Waals surface area contributed by atoms with Crippen molar-refractivity contribution >= 4 is 0 Å². The third-order valence-corrected chi connectivity index (χ3v) is 10.0. The Labute approximate surface area is 201 Å². The molecule has 2 heteroatoms. The predicted molar refractivity (Wildman–Crippen MR) is 137 cm³/mol. The lowest BCUT2D eigenvalue weighted by atomic mass is 9.61. The van der Waals surface area contributed by atoms with Crippen LogP contribution in [0.15, 0.2) is 0 Å². The van der Waals surface area contributed by atoms with Crippen LogP contribution in [0.25, 0.3) is 0 Å². The Balaban J connectivity index is 0.000000181. The molecule has 7 unspecified atom stereocenters. The first kappa shape index (κ1) is 26.5. The molecule has 0 N–H and O–H groups in total.